The molecule has 0 aromatic heterocycles. The van der Waals surface area contributed by atoms with E-state index in [0.717, 1.165) is 44.3 Å². The summed E-state index contributed by atoms with van der Waals surface area (Å²) < 4.78 is 27.9. The summed E-state index contributed by atoms with van der Waals surface area (Å²) in [5.74, 6) is -0.291. The molecule has 0 saturated carbocycles. The second kappa shape index (κ2) is 10.0. The van der Waals surface area contributed by atoms with Crippen molar-refractivity contribution >= 4 is 27.3 Å². The Morgan fingerprint density at radius 2 is 1.41 bits per heavy atom. The van der Waals surface area contributed by atoms with Crippen LogP contribution in [0, 0.1) is 6.92 Å². The molecule has 6 nitrogen and oxygen atoms in total. The molecule has 32 heavy (non-hydrogen) atoms. The number of sulfonamides is 1. The number of rotatable bonds is 5. The maximum absolute atomic E-state index is 13.2. The summed E-state index contributed by atoms with van der Waals surface area (Å²) in [6, 6.07) is 12.7. The van der Waals surface area contributed by atoms with Gasteiger partial charge in [0, 0.05) is 43.1 Å². The van der Waals surface area contributed by atoms with Crippen LogP contribution in [0.15, 0.2) is 47.4 Å². The third kappa shape index (κ3) is 5.15. The Labute approximate surface area is 191 Å². The minimum atomic E-state index is -3.60. The number of anilines is 2. The largest absolute Gasteiger partial charge is 0.372 e. The predicted molar refractivity (Wildman–Crippen MR) is 129 cm³/mol. The summed E-state index contributed by atoms with van der Waals surface area (Å²) in [6.07, 6.45) is 7.60. The zero-order valence-electron chi connectivity index (χ0n) is 18.8. The summed E-state index contributed by atoms with van der Waals surface area (Å²) >= 11 is 0. The molecular weight excluding hydrogens is 422 g/mol. The highest BCUT2D eigenvalue weighted by molar-refractivity contribution is 7.89. The van der Waals surface area contributed by atoms with Gasteiger partial charge in [0.15, 0.2) is 0 Å². The Morgan fingerprint density at radius 3 is 2.06 bits per heavy atom. The van der Waals surface area contributed by atoms with E-state index in [9.17, 15) is 13.2 Å². The molecule has 2 fully saturated rings. The molecule has 0 aliphatic carbocycles. The highest BCUT2D eigenvalue weighted by Crippen LogP contribution is 2.25. The number of hydrogen-bond acceptors (Lipinski definition) is 4. The van der Waals surface area contributed by atoms with E-state index in [1.807, 2.05) is 31.2 Å². The second-order valence-corrected chi connectivity index (χ2v) is 10.8. The standard InChI is InChI=1S/C25H33N3O3S/c1-20-9-14-23(32(30,31)28-17-7-2-3-8-18-28)19-24(20)25(29)26-21-10-12-22(13-11-21)27-15-5-4-6-16-27/h9-14,19H,2-8,15-18H2,1H3,(H,26,29). The zero-order valence-corrected chi connectivity index (χ0v) is 19.7. The molecule has 4 rings (SSSR count). The molecule has 2 aliphatic heterocycles. The molecule has 172 valence electrons. The molecule has 2 heterocycles. The van der Waals surface area contributed by atoms with Crippen molar-refractivity contribution in [3.05, 3.63) is 53.6 Å². The van der Waals surface area contributed by atoms with Gasteiger partial charge in [0.1, 0.15) is 0 Å². The molecule has 2 saturated heterocycles. The lowest BCUT2D eigenvalue weighted by molar-refractivity contribution is 0.102. The maximum atomic E-state index is 13.2. The van der Waals surface area contributed by atoms with Crippen molar-refractivity contribution in [3.8, 4) is 0 Å². The Bertz CT molecular complexity index is 1040. The lowest BCUT2D eigenvalue weighted by atomic mass is 10.1. The van der Waals surface area contributed by atoms with E-state index in [4.69, 9.17) is 0 Å². The molecule has 2 aromatic carbocycles. The van der Waals surface area contributed by atoms with Gasteiger partial charge in [0.05, 0.1) is 4.90 Å². The van der Waals surface area contributed by atoms with Gasteiger partial charge in [-0.2, -0.15) is 4.31 Å². The van der Waals surface area contributed by atoms with E-state index in [1.165, 1.54) is 31.0 Å². The first-order valence-corrected chi connectivity index (χ1v) is 13.2. The van der Waals surface area contributed by atoms with Crippen molar-refractivity contribution in [2.75, 3.05) is 36.4 Å². The first-order valence-electron chi connectivity index (χ1n) is 11.7. The molecule has 7 heteroatoms. The Balaban J connectivity index is 1.50. The molecule has 0 radical (unpaired) electrons. The van der Waals surface area contributed by atoms with E-state index in [-0.39, 0.29) is 10.8 Å². The van der Waals surface area contributed by atoms with Crippen LogP contribution in [0.1, 0.15) is 60.9 Å². The second-order valence-electron chi connectivity index (χ2n) is 8.84. The lowest BCUT2D eigenvalue weighted by Gasteiger charge is -2.28. The van der Waals surface area contributed by atoms with Crippen LogP contribution in [0.2, 0.25) is 0 Å². The molecule has 2 aliphatic rings. The Morgan fingerprint density at radius 1 is 0.812 bits per heavy atom. The minimum Gasteiger partial charge on any atom is -0.372 e. The average Bonchev–Trinajstić information content (AvgIpc) is 3.10. The van der Waals surface area contributed by atoms with Crippen molar-refractivity contribution in [3.63, 3.8) is 0 Å². The number of carbonyl (C=O) groups is 1. The van der Waals surface area contributed by atoms with Crippen LogP contribution in [0.4, 0.5) is 11.4 Å². The van der Waals surface area contributed by atoms with Gasteiger partial charge < -0.3 is 10.2 Å². The summed E-state index contributed by atoms with van der Waals surface area (Å²) in [6.45, 7) is 5.06. The van der Waals surface area contributed by atoms with Gasteiger partial charge in [-0.3, -0.25) is 4.79 Å². The molecule has 1 N–H and O–H groups in total. The number of carbonyl (C=O) groups excluding carboxylic acids is 1. The van der Waals surface area contributed by atoms with E-state index < -0.39 is 10.0 Å². The fourth-order valence-corrected chi connectivity index (χ4v) is 6.09. The van der Waals surface area contributed by atoms with Crippen LogP contribution in [0.5, 0.6) is 0 Å². The number of piperidine rings is 1. The summed E-state index contributed by atoms with van der Waals surface area (Å²) in [7, 11) is -3.60. The third-order valence-electron chi connectivity index (χ3n) is 6.50. The van der Waals surface area contributed by atoms with Crippen molar-refractivity contribution < 1.29 is 13.2 Å². The minimum absolute atomic E-state index is 0.190. The lowest BCUT2D eigenvalue weighted by Crippen LogP contribution is -2.32. The Hall–Kier alpha value is -2.38. The highest BCUT2D eigenvalue weighted by atomic mass is 32.2. The van der Waals surface area contributed by atoms with Gasteiger partial charge in [0.25, 0.3) is 5.91 Å². The summed E-state index contributed by atoms with van der Waals surface area (Å²) in [5, 5.41) is 2.93. The van der Waals surface area contributed by atoms with Gasteiger partial charge >= 0.3 is 0 Å². The number of aryl methyl sites for hydroxylation is 1. The highest BCUT2D eigenvalue weighted by Gasteiger charge is 2.26. The van der Waals surface area contributed by atoms with Crippen LogP contribution >= 0.6 is 0 Å². The monoisotopic (exact) mass is 455 g/mol. The van der Waals surface area contributed by atoms with Gasteiger partial charge in [0.2, 0.25) is 10.0 Å². The van der Waals surface area contributed by atoms with Gasteiger partial charge in [-0.25, -0.2) is 8.42 Å². The quantitative estimate of drug-likeness (QED) is 0.703. The molecule has 0 spiro atoms. The first kappa shape index (κ1) is 22.8. The number of amides is 1. The first-order chi connectivity index (χ1) is 15.4. The SMILES string of the molecule is Cc1ccc(S(=O)(=O)N2CCCCCC2)cc1C(=O)Nc1ccc(N2CCCCC2)cc1. The number of nitrogens with zero attached hydrogens (tertiary/aromatic N) is 2. The van der Waals surface area contributed by atoms with E-state index in [1.54, 1.807) is 16.4 Å². The average molecular weight is 456 g/mol. The summed E-state index contributed by atoms with van der Waals surface area (Å²) in [5.41, 5.74) is 3.02. The van der Waals surface area contributed by atoms with Crippen LogP contribution in [-0.2, 0) is 10.0 Å². The summed E-state index contributed by atoms with van der Waals surface area (Å²) in [4.78, 5) is 15.6. The van der Waals surface area contributed by atoms with E-state index in [2.05, 4.69) is 10.2 Å². The smallest absolute Gasteiger partial charge is 0.255 e. The Kier molecular flexibility index (Phi) is 7.16. The number of nitrogens with one attached hydrogen (secondary N) is 1. The van der Waals surface area contributed by atoms with Crippen molar-refractivity contribution in [1.82, 2.24) is 4.31 Å². The van der Waals surface area contributed by atoms with Gasteiger partial charge in [-0.1, -0.05) is 18.9 Å². The normalized spacial score (nSPS) is 18.2. The molecule has 2 aromatic rings. The van der Waals surface area contributed by atoms with E-state index in [0.29, 0.717) is 24.3 Å². The molecule has 0 bridgehead atoms. The molecular formula is C25H33N3O3S. The molecule has 1 amide bonds. The van der Waals surface area contributed by atoms with Crippen molar-refractivity contribution in [1.29, 1.82) is 0 Å². The van der Waals surface area contributed by atoms with E-state index >= 15 is 0 Å². The fourth-order valence-electron chi connectivity index (χ4n) is 4.54. The van der Waals surface area contributed by atoms with Crippen molar-refractivity contribution in [2.45, 2.75) is 56.8 Å². The third-order valence-corrected chi connectivity index (χ3v) is 8.40. The maximum Gasteiger partial charge on any atom is 0.255 e. The zero-order chi connectivity index (χ0) is 22.6. The van der Waals surface area contributed by atoms with Crippen molar-refractivity contribution in [2.24, 2.45) is 0 Å². The van der Waals surface area contributed by atoms with Crippen LogP contribution in [0.25, 0.3) is 0 Å². The topological polar surface area (TPSA) is 69.7 Å². The number of benzene rings is 2. The van der Waals surface area contributed by atoms with Crippen LogP contribution in [-0.4, -0.2) is 44.8 Å². The molecule has 0 atom stereocenters. The van der Waals surface area contributed by atoms with Crippen LogP contribution < -0.4 is 10.2 Å². The van der Waals surface area contributed by atoms with Gasteiger partial charge in [-0.15, -0.1) is 0 Å². The van der Waals surface area contributed by atoms with Crippen LogP contribution in [0.3, 0.4) is 0 Å². The fraction of sp³-hybridized carbons (Fsp3) is 0.480. The van der Waals surface area contributed by atoms with Gasteiger partial charge in [-0.05, 0) is 81.0 Å². The predicted octanol–water partition coefficient (Wildman–Crippen LogP) is 4.80. The number of hydrogen-bond donors (Lipinski definition) is 1. The molecule has 0 unspecified atom stereocenters.